The van der Waals surface area contributed by atoms with E-state index >= 15 is 0 Å². The predicted molar refractivity (Wildman–Crippen MR) is 73.7 cm³/mol. The summed E-state index contributed by atoms with van der Waals surface area (Å²) in [5.74, 6) is 1.54. The molecule has 0 spiro atoms. The molecule has 0 amide bonds. The van der Waals surface area contributed by atoms with Gasteiger partial charge in [0.1, 0.15) is 5.03 Å². The monoisotopic (exact) mass is 255 g/mol. The van der Waals surface area contributed by atoms with Gasteiger partial charge in [-0.2, -0.15) is 0 Å². The summed E-state index contributed by atoms with van der Waals surface area (Å²) in [5.41, 5.74) is 6.30. The molecule has 0 unspecified atom stereocenters. The molecule has 0 aromatic carbocycles. The first-order valence-electron chi connectivity index (χ1n) is 5.86. The summed E-state index contributed by atoms with van der Waals surface area (Å²) >= 11 is 1.73. The second kappa shape index (κ2) is 7.40. The smallest absolute Gasteiger partial charge is 0.237 e. The zero-order chi connectivity index (χ0) is 12.7. The van der Waals surface area contributed by atoms with Gasteiger partial charge < -0.3 is 15.4 Å². The lowest BCUT2D eigenvalue weighted by molar-refractivity contribution is 0.324. The van der Waals surface area contributed by atoms with E-state index in [1.165, 1.54) is 0 Å². The Bertz CT molecular complexity index is 343. The van der Waals surface area contributed by atoms with Crippen molar-refractivity contribution >= 4 is 17.4 Å². The minimum Gasteiger partial charge on any atom is -0.480 e. The topological polar surface area (TPSA) is 51.4 Å². The van der Waals surface area contributed by atoms with Gasteiger partial charge in [0.05, 0.1) is 12.8 Å². The van der Waals surface area contributed by atoms with E-state index in [9.17, 15) is 0 Å². The zero-order valence-corrected chi connectivity index (χ0v) is 11.6. The van der Waals surface area contributed by atoms with Gasteiger partial charge >= 0.3 is 0 Å². The molecular formula is C12H21N3OS. The van der Waals surface area contributed by atoms with Crippen LogP contribution in [0.15, 0.2) is 17.2 Å². The molecule has 0 atom stereocenters. The number of hydrogen-bond acceptors (Lipinski definition) is 5. The lowest BCUT2D eigenvalue weighted by Gasteiger charge is -2.17. The van der Waals surface area contributed by atoms with Crippen molar-refractivity contribution in [3.8, 4) is 5.88 Å². The molecular weight excluding hydrogens is 234 g/mol. The van der Waals surface area contributed by atoms with Crippen molar-refractivity contribution in [2.75, 3.05) is 38.2 Å². The van der Waals surface area contributed by atoms with Gasteiger partial charge in [-0.3, -0.25) is 0 Å². The second-order valence-corrected chi connectivity index (χ2v) is 4.74. The van der Waals surface area contributed by atoms with Crippen LogP contribution in [0.1, 0.15) is 13.8 Å². The van der Waals surface area contributed by atoms with E-state index in [2.05, 4.69) is 23.7 Å². The lowest BCUT2D eigenvalue weighted by Crippen LogP contribution is -2.25. The number of nitrogen functional groups attached to an aromatic ring is 1. The van der Waals surface area contributed by atoms with Crippen molar-refractivity contribution in [3.05, 3.63) is 12.1 Å². The largest absolute Gasteiger partial charge is 0.480 e. The van der Waals surface area contributed by atoms with Crippen LogP contribution in [0.4, 0.5) is 5.69 Å². The molecule has 2 N–H and O–H groups in total. The van der Waals surface area contributed by atoms with Crippen LogP contribution < -0.4 is 10.5 Å². The Labute approximate surface area is 108 Å². The highest BCUT2D eigenvalue weighted by Gasteiger charge is 2.04. The van der Waals surface area contributed by atoms with Crippen molar-refractivity contribution in [1.29, 1.82) is 0 Å². The van der Waals surface area contributed by atoms with Crippen molar-refractivity contribution < 1.29 is 4.74 Å². The minimum atomic E-state index is 0.512. The quantitative estimate of drug-likeness (QED) is 0.756. The molecule has 0 aliphatic rings. The summed E-state index contributed by atoms with van der Waals surface area (Å²) in [6.07, 6.45) is 0. The van der Waals surface area contributed by atoms with E-state index < -0.39 is 0 Å². The summed E-state index contributed by atoms with van der Waals surface area (Å²) < 4.78 is 5.10. The Hall–Kier alpha value is -0.940. The van der Waals surface area contributed by atoms with Crippen molar-refractivity contribution in [3.63, 3.8) is 0 Å². The molecule has 1 rings (SSSR count). The van der Waals surface area contributed by atoms with Crippen LogP contribution in [0.5, 0.6) is 5.88 Å². The van der Waals surface area contributed by atoms with Crippen molar-refractivity contribution in [2.45, 2.75) is 18.9 Å². The molecule has 0 bridgehead atoms. The normalized spacial score (nSPS) is 10.8. The van der Waals surface area contributed by atoms with Crippen LogP contribution in [-0.4, -0.2) is 42.4 Å². The third-order valence-corrected chi connectivity index (χ3v) is 3.52. The van der Waals surface area contributed by atoms with E-state index in [4.69, 9.17) is 10.5 Å². The molecule has 1 aromatic rings. The first kappa shape index (κ1) is 14.1. The molecule has 17 heavy (non-hydrogen) atoms. The van der Waals surface area contributed by atoms with Crippen LogP contribution in [0.3, 0.4) is 0 Å². The van der Waals surface area contributed by atoms with Crippen LogP contribution >= 0.6 is 11.8 Å². The maximum atomic E-state index is 5.71. The molecule has 0 saturated heterocycles. The fourth-order valence-corrected chi connectivity index (χ4v) is 2.37. The fourth-order valence-electron chi connectivity index (χ4n) is 1.50. The maximum Gasteiger partial charge on any atom is 0.237 e. The summed E-state index contributed by atoms with van der Waals surface area (Å²) in [4.78, 5) is 6.73. The second-order valence-electron chi connectivity index (χ2n) is 3.62. The lowest BCUT2D eigenvalue weighted by atomic mass is 10.4. The molecule has 5 heteroatoms. The van der Waals surface area contributed by atoms with Gasteiger partial charge in [-0.05, 0) is 25.2 Å². The van der Waals surface area contributed by atoms with Gasteiger partial charge in [-0.15, -0.1) is 11.8 Å². The minimum absolute atomic E-state index is 0.512. The number of pyridine rings is 1. The van der Waals surface area contributed by atoms with E-state index in [1.807, 2.05) is 12.1 Å². The van der Waals surface area contributed by atoms with Gasteiger partial charge in [-0.25, -0.2) is 4.98 Å². The number of hydrogen-bond donors (Lipinski definition) is 1. The van der Waals surface area contributed by atoms with Crippen molar-refractivity contribution in [2.24, 2.45) is 0 Å². The van der Waals surface area contributed by atoms with E-state index in [1.54, 1.807) is 18.9 Å². The molecule has 1 aromatic heterocycles. The maximum absolute atomic E-state index is 5.71. The first-order valence-corrected chi connectivity index (χ1v) is 6.85. The Kier molecular flexibility index (Phi) is 6.15. The van der Waals surface area contributed by atoms with Crippen LogP contribution in [0.2, 0.25) is 0 Å². The number of thioether (sulfide) groups is 1. The summed E-state index contributed by atoms with van der Waals surface area (Å²) in [6, 6.07) is 3.77. The van der Waals surface area contributed by atoms with E-state index in [-0.39, 0.29) is 0 Å². The SMILES string of the molecule is CCN(CC)CCSc1ccc(N)c(OC)n1. The van der Waals surface area contributed by atoms with Gasteiger partial charge in [-0.1, -0.05) is 13.8 Å². The standard InChI is InChI=1S/C12H21N3OS/c1-4-15(5-2)8-9-17-11-7-6-10(13)12(14-11)16-3/h6-7H,4-5,8-9,13H2,1-3H3. The Morgan fingerprint density at radius 1 is 1.35 bits per heavy atom. The molecule has 0 radical (unpaired) electrons. The molecule has 1 heterocycles. The highest BCUT2D eigenvalue weighted by Crippen LogP contribution is 2.23. The van der Waals surface area contributed by atoms with Gasteiger partial charge in [0.25, 0.3) is 0 Å². The third-order valence-electron chi connectivity index (χ3n) is 2.61. The zero-order valence-electron chi connectivity index (χ0n) is 10.8. The molecule has 4 nitrogen and oxygen atoms in total. The number of aromatic nitrogens is 1. The number of nitrogens with zero attached hydrogens (tertiary/aromatic N) is 2. The Balaban J connectivity index is 2.46. The average Bonchev–Trinajstić information content (AvgIpc) is 2.36. The molecule has 96 valence electrons. The highest BCUT2D eigenvalue weighted by molar-refractivity contribution is 7.99. The van der Waals surface area contributed by atoms with E-state index in [0.29, 0.717) is 11.6 Å². The summed E-state index contributed by atoms with van der Waals surface area (Å²) in [5, 5.41) is 0.961. The Morgan fingerprint density at radius 2 is 2.06 bits per heavy atom. The van der Waals surface area contributed by atoms with Gasteiger partial charge in [0.2, 0.25) is 5.88 Å². The van der Waals surface area contributed by atoms with Crippen molar-refractivity contribution in [1.82, 2.24) is 9.88 Å². The molecule has 0 aliphatic heterocycles. The average molecular weight is 255 g/mol. The summed E-state index contributed by atoms with van der Waals surface area (Å²) in [7, 11) is 1.59. The number of anilines is 1. The van der Waals surface area contributed by atoms with Crippen LogP contribution in [0.25, 0.3) is 0 Å². The van der Waals surface area contributed by atoms with E-state index in [0.717, 1.165) is 30.4 Å². The number of rotatable bonds is 7. The van der Waals surface area contributed by atoms with Gasteiger partial charge in [0.15, 0.2) is 0 Å². The molecule has 0 aliphatic carbocycles. The van der Waals surface area contributed by atoms with Gasteiger partial charge in [0, 0.05) is 12.3 Å². The number of methoxy groups -OCH3 is 1. The fraction of sp³-hybridized carbons (Fsp3) is 0.583. The van der Waals surface area contributed by atoms with Crippen LogP contribution in [-0.2, 0) is 0 Å². The summed E-state index contributed by atoms with van der Waals surface area (Å²) in [6.45, 7) is 7.62. The molecule has 0 saturated carbocycles. The highest BCUT2D eigenvalue weighted by atomic mass is 32.2. The molecule has 0 fully saturated rings. The predicted octanol–water partition coefficient (Wildman–Crippen LogP) is 2.11. The third kappa shape index (κ3) is 4.44. The number of nitrogens with two attached hydrogens (primary N) is 1. The number of ether oxygens (including phenoxy) is 1. The van der Waals surface area contributed by atoms with Crippen LogP contribution in [0, 0.1) is 0 Å². The first-order chi connectivity index (χ1) is 8.21. The Morgan fingerprint density at radius 3 is 2.65 bits per heavy atom.